The maximum atomic E-state index is 11.3. The molecule has 25 heavy (non-hydrogen) atoms. The van der Waals surface area contributed by atoms with Crippen LogP contribution >= 0.6 is 11.3 Å². The SMILES string of the molecule is CC/C(=C\c1sc(NC(C)=O)nc1CCc1ccc(N)cc1)C(=O)O. The van der Waals surface area contributed by atoms with Crippen LogP contribution in [-0.4, -0.2) is 22.0 Å². The predicted molar refractivity (Wildman–Crippen MR) is 101 cm³/mol. The molecule has 0 saturated heterocycles. The summed E-state index contributed by atoms with van der Waals surface area (Å²) in [5, 5.41) is 12.4. The van der Waals surface area contributed by atoms with Crippen LogP contribution in [0.15, 0.2) is 29.8 Å². The number of carboxylic acids is 1. The number of amides is 1. The van der Waals surface area contributed by atoms with Crippen molar-refractivity contribution in [3.63, 3.8) is 0 Å². The summed E-state index contributed by atoms with van der Waals surface area (Å²) in [5.74, 6) is -1.15. The van der Waals surface area contributed by atoms with Crippen molar-refractivity contribution in [3.05, 3.63) is 46.0 Å². The maximum absolute atomic E-state index is 11.3. The van der Waals surface area contributed by atoms with Crippen molar-refractivity contribution in [3.8, 4) is 0 Å². The number of aliphatic carboxylic acids is 1. The lowest BCUT2D eigenvalue weighted by molar-refractivity contribution is -0.132. The van der Waals surface area contributed by atoms with E-state index >= 15 is 0 Å². The number of aromatic nitrogens is 1. The van der Waals surface area contributed by atoms with E-state index in [0.29, 0.717) is 29.2 Å². The Morgan fingerprint density at radius 1 is 1.28 bits per heavy atom. The minimum Gasteiger partial charge on any atom is -0.478 e. The fourth-order valence-corrected chi connectivity index (χ4v) is 3.31. The highest BCUT2D eigenvalue weighted by molar-refractivity contribution is 7.16. The summed E-state index contributed by atoms with van der Waals surface area (Å²) in [6.45, 7) is 3.21. The molecule has 0 fully saturated rings. The molecule has 0 aliphatic rings. The maximum Gasteiger partial charge on any atom is 0.331 e. The molecular weight excluding hydrogens is 338 g/mol. The molecule has 4 N–H and O–H groups in total. The number of nitrogens with two attached hydrogens (primary N) is 1. The van der Waals surface area contributed by atoms with Crippen LogP contribution in [0.4, 0.5) is 10.8 Å². The summed E-state index contributed by atoms with van der Waals surface area (Å²) in [6, 6.07) is 7.61. The van der Waals surface area contributed by atoms with Crippen LogP contribution in [0, 0.1) is 0 Å². The van der Waals surface area contributed by atoms with Crippen molar-refractivity contribution < 1.29 is 14.7 Å². The van der Waals surface area contributed by atoms with Gasteiger partial charge in [0.1, 0.15) is 0 Å². The second-order valence-electron chi connectivity index (χ2n) is 5.58. The van der Waals surface area contributed by atoms with Crippen molar-refractivity contribution in [2.24, 2.45) is 0 Å². The minimum absolute atomic E-state index is 0.205. The molecule has 6 nitrogen and oxygen atoms in total. The number of carbonyl (C=O) groups is 2. The lowest BCUT2D eigenvalue weighted by Gasteiger charge is -2.02. The predicted octanol–water partition coefficient (Wildman–Crippen LogP) is 3.35. The van der Waals surface area contributed by atoms with E-state index in [-0.39, 0.29) is 5.91 Å². The van der Waals surface area contributed by atoms with Gasteiger partial charge in [0.05, 0.1) is 10.6 Å². The van der Waals surface area contributed by atoms with Crippen molar-refractivity contribution in [2.75, 3.05) is 11.1 Å². The summed E-state index contributed by atoms with van der Waals surface area (Å²) in [5.41, 5.74) is 8.61. The number of hydrogen-bond acceptors (Lipinski definition) is 5. The summed E-state index contributed by atoms with van der Waals surface area (Å²) < 4.78 is 0. The molecule has 2 rings (SSSR count). The molecule has 0 atom stereocenters. The number of anilines is 2. The summed E-state index contributed by atoms with van der Waals surface area (Å²) in [6.07, 6.45) is 3.45. The normalized spacial score (nSPS) is 11.4. The van der Waals surface area contributed by atoms with Gasteiger partial charge in [-0.25, -0.2) is 9.78 Å². The largest absolute Gasteiger partial charge is 0.478 e. The molecule has 1 aromatic heterocycles. The van der Waals surface area contributed by atoms with E-state index in [2.05, 4.69) is 10.3 Å². The van der Waals surface area contributed by atoms with Crippen LogP contribution < -0.4 is 11.1 Å². The van der Waals surface area contributed by atoms with Gasteiger partial charge in [-0.2, -0.15) is 0 Å². The zero-order chi connectivity index (χ0) is 18.4. The van der Waals surface area contributed by atoms with Gasteiger partial charge in [-0.05, 0) is 43.0 Å². The molecule has 2 aromatic rings. The molecule has 1 aromatic carbocycles. The van der Waals surface area contributed by atoms with Crippen molar-refractivity contribution in [1.29, 1.82) is 0 Å². The third kappa shape index (κ3) is 5.42. The van der Waals surface area contributed by atoms with Gasteiger partial charge in [0, 0.05) is 18.2 Å². The number of nitrogen functional groups attached to an aromatic ring is 1. The van der Waals surface area contributed by atoms with Crippen molar-refractivity contribution >= 4 is 40.1 Å². The van der Waals surface area contributed by atoms with Gasteiger partial charge < -0.3 is 16.2 Å². The van der Waals surface area contributed by atoms with Gasteiger partial charge in [0.2, 0.25) is 5.91 Å². The quantitative estimate of drug-likeness (QED) is 0.519. The monoisotopic (exact) mass is 359 g/mol. The Hall–Kier alpha value is -2.67. The number of thiazole rings is 1. The van der Waals surface area contributed by atoms with Crippen molar-refractivity contribution in [1.82, 2.24) is 4.98 Å². The Morgan fingerprint density at radius 3 is 2.52 bits per heavy atom. The first kappa shape index (κ1) is 18.7. The highest BCUT2D eigenvalue weighted by atomic mass is 32.1. The molecule has 0 saturated carbocycles. The van der Waals surface area contributed by atoms with Crippen LogP contribution in [0.5, 0.6) is 0 Å². The Labute approximate surface area is 150 Å². The van der Waals surface area contributed by atoms with Crippen LogP contribution in [0.25, 0.3) is 6.08 Å². The second-order valence-corrected chi connectivity index (χ2v) is 6.61. The minimum atomic E-state index is -0.943. The summed E-state index contributed by atoms with van der Waals surface area (Å²) in [4.78, 5) is 27.8. The average Bonchev–Trinajstić information content (AvgIpc) is 2.92. The zero-order valence-electron chi connectivity index (χ0n) is 14.2. The van der Waals surface area contributed by atoms with E-state index < -0.39 is 5.97 Å². The number of hydrogen-bond donors (Lipinski definition) is 3. The number of benzene rings is 1. The fourth-order valence-electron chi connectivity index (χ4n) is 2.28. The average molecular weight is 359 g/mol. The van der Waals surface area contributed by atoms with Crippen LogP contribution in [0.1, 0.15) is 36.4 Å². The topological polar surface area (TPSA) is 105 Å². The molecule has 132 valence electrons. The summed E-state index contributed by atoms with van der Waals surface area (Å²) >= 11 is 1.28. The molecule has 0 bridgehead atoms. The van der Waals surface area contributed by atoms with Crippen LogP contribution in [0.2, 0.25) is 0 Å². The Kier molecular flexibility index (Phi) is 6.30. The number of rotatable bonds is 7. The number of nitrogens with zero attached hydrogens (tertiary/aromatic N) is 1. The molecule has 0 radical (unpaired) electrons. The third-order valence-electron chi connectivity index (χ3n) is 3.60. The fraction of sp³-hybridized carbons (Fsp3) is 0.278. The van der Waals surface area contributed by atoms with Crippen LogP contribution in [0.3, 0.4) is 0 Å². The molecular formula is C18H21N3O3S. The Bertz CT molecular complexity index is 794. The van der Waals surface area contributed by atoms with Gasteiger partial charge in [-0.1, -0.05) is 30.4 Å². The first-order valence-electron chi connectivity index (χ1n) is 7.94. The van der Waals surface area contributed by atoms with E-state index in [1.807, 2.05) is 24.3 Å². The highest BCUT2D eigenvalue weighted by Gasteiger charge is 2.13. The number of carboxylic acid groups (broad SMARTS) is 1. The Morgan fingerprint density at radius 2 is 1.96 bits per heavy atom. The van der Waals surface area contributed by atoms with Gasteiger partial charge >= 0.3 is 5.97 Å². The van der Waals surface area contributed by atoms with E-state index in [1.165, 1.54) is 18.3 Å². The number of aryl methyl sites for hydroxylation is 2. The van der Waals surface area contributed by atoms with Crippen LogP contribution in [-0.2, 0) is 22.4 Å². The lowest BCUT2D eigenvalue weighted by Crippen LogP contribution is -2.05. The van der Waals surface area contributed by atoms with E-state index in [0.717, 1.165) is 22.6 Å². The highest BCUT2D eigenvalue weighted by Crippen LogP contribution is 2.27. The van der Waals surface area contributed by atoms with Crippen molar-refractivity contribution in [2.45, 2.75) is 33.1 Å². The molecule has 7 heteroatoms. The lowest BCUT2D eigenvalue weighted by atomic mass is 10.1. The number of carbonyl (C=O) groups excluding carboxylic acids is 1. The molecule has 0 spiro atoms. The molecule has 1 amide bonds. The van der Waals surface area contributed by atoms with Gasteiger partial charge in [0.15, 0.2) is 5.13 Å². The first-order chi connectivity index (χ1) is 11.9. The Balaban J connectivity index is 2.27. The third-order valence-corrected chi connectivity index (χ3v) is 4.56. The first-order valence-corrected chi connectivity index (χ1v) is 8.76. The molecule has 0 aliphatic carbocycles. The smallest absolute Gasteiger partial charge is 0.331 e. The van der Waals surface area contributed by atoms with Gasteiger partial charge in [0.25, 0.3) is 0 Å². The summed E-state index contributed by atoms with van der Waals surface area (Å²) in [7, 11) is 0. The van der Waals surface area contributed by atoms with E-state index in [9.17, 15) is 14.7 Å². The zero-order valence-corrected chi connectivity index (χ0v) is 15.0. The van der Waals surface area contributed by atoms with Gasteiger partial charge in [-0.15, -0.1) is 0 Å². The number of nitrogens with one attached hydrogen (secondary N) is 1. The second kappa shape index (κ2) is 8.43. The molecule has 1 heterocycles. The standard InChI is InChI=1S/C18H21N3O3S/c1-3-13(17(23)24)10-16-15(21-18(25-16)20-11(2)22)9-6-12-4-7-14(19)8-5-12/h4-5,7-8,10H,3,6,9,19H2,1-2H3,(H,23,24)(H,20,21,22)/b13-10+. The molecule has 0 unspecified atom stereocenters. The van der Waals surface area contributed by atoms with E-state index in [1.54, 1.807) is 13.0 Å². The molecule has 0 aliphatic heterocycles. The van der Waals surface area contributed by atoms with Gasteiger partial charge in [-0.3, -0.25) is 4.79 Å². The van der Waals surface area contributed by atoms with E-state index in [4.69, 9.17) is 5.73 Å².